The Morgan fingerprint density at radius 2 is 1.86 bits per heavy atom. The van der Waals surface area contributed by atoms with Crippen LogP contribution in [0, 0.1) is 0 Å². The van der Waals surface area contributed by atoms with Gasteiger partial charge in [-0.15, -0.1) is 15.0 Å². The predicted molar refractivity (Wildman–Crippen MR) is 93.2 cm³/mol. The van der Waals surface area contributed by atoms with Gasteiger partial charge in [0.15, 0.2) is 0 Å². The van der Waals surface area contributed by atoms with Gasteiger partial charge in [0.05, 0.1) is 17.9 Å². The average molecular weight is 412 g/mol. The predicted octanol–water partition coefficient (Wildman–Crippen LogP) is 2.03. The lowest BCUT2D eigenvalue weighted by Crippen LogP contribution is -2.46. The number of amides is 2. The molecule has 0 saturated carbocycles. The minimum atomic E-state index is -4.44. The van der Waals surface area contributed by atoms with Crippen molar-refractivity contribution in [2.24, 2.45) is 0 Å². The van der Waals surface area contributed by atoms with E-state index in [9.17, 15) is 22.8 Å². The summed E-state index contributed by atoms with van der Waals surface area (Å²) in [6.07, 6.45) is -3.71. The Balaban J connectivity index is 1.57. The number of halogens is 3. The van der Waals surface area contributed by atoms with E-state index >= 15 is 0 Å². The summed E-state index contributed by atoms with van der Waals surface area (Å²) in [5.74, 6) is -0.740. The fourth-order valence-corrected chi connectivity index (χ4v) is 2.87. The van der Waals surface area contributed by atoms with Crippen LogP contribution >= 0.6 is 0 Å². The number of rotatable bonds is 4. The number of hydrogen-bond donors (Lipinski definition) is 1. The van der Waals surface area contributed by atoms with Crippen LogP contribution < -0.4 is 5.32 Å². The van der Waals surface area contributed by atoms with Crippen molar-refractivity contribution >= 4 is 12.0 Å². The maximum absolute atomic E-state index is 12.6. The first kappa shape index (κ1) is 20.6. The number of piperidine rings is 1. The van der Waals surface area contributed by atoms with Crippen LogP contribution in [-0.2, 0) is 10.9 Å². The molecule has 1 aliphatic heterocycles. The first-order valence-electron chi connectivity index (χ1n) is 8.98. The summed E-state index contributed by atoms with van der Waals surface area (Å²) in [6.45, 7) is 2.94. The van der Waals surface area contributed by atoms with Gasteiger partial charge in [-0.1, -0.05) is 0 Å². The molecule has 0 aliphatic carbocycles. The molecule has 1 saturated heterocycles. The van der Waals surface area contributed by atoms with E-state index in [0.717, 1.165) is 16.9 Å². The highest BCUT2D eigenvalue weighted by Crippen LogP contribution is 2.29. The fourth-order valence-electron chi connectivity index (χ4n) is 2.87. The van der Waals surface area contributed by atoms with Crippen molar-refractivity contribution in [2.75, 3.05) is 19.7 Å². The molecule has 1 N–H and O–H groups in total. The molecule has 156 valence electrons. The smallest absolute Gasteiger partial charge is 0.416 e. The molecule has 0 atom stereocenters. The molecule has 0 unspecified atom stereocenters. The molecule has 12 heteroatoms. The number of nitrogens with one attached hydrogen (secondary N) is 1. The van der Waals surface area contributed by atoms with Crippen molar-refractivity contribution in [3.63, 3.8) is 0 Å². The standard InChI is InChI=1S/C17H19F3N6O3/c1-2-29-16(28)25-9-7-12(8-10-25)21-15(27)14-22-24-26(23-14)13-5-3-11(4-6-13)17(18,19)20/h3-6,12H,2,7-10H2,1H3,(H,21,27). The Bertz CT molecular complexity index is 860. The highest BCUT2D eigenvalue weighted by molar-refractivity contribution is 5.90. The van der Waals surface area contributed by atoms with Gasteiger partial charge in [0, 0.05) is 19.1 Å². The number of carbonyl (C=O) groups is 2. The molecule has 29 heavy (non-hydrogen) atoms. The van der Waals surface area contributed by atoms with E-state index in [0.29, 0.717) is 32.5 Å². The van der Waals surface area contributed by atoms with Crippen molar-refractivity contribution in [3.8, 4) is 5.69 Å². The summed E-state index contributed by atoms with van der Waals surface area (Å²) in [4.78, 5) is 26.6. The van der Waals surface area contributed by atoms with Gasteiger partial charge in [0.25, 0.3) is 11.7 Å². The van der Waals surface area contributed by atoms with Crippen LogP contribution in [0.25, 0.3) is 5.69 Å². The van der Waals surface area contributed by atoms with E-state index in [1.807, 2.05) is 0 Å². The summed E-state index contributed by atoms with van der Waals surface area (Å²) in [7, 11) is 0. The van der Waals surface area contributed by atoms with E-state index in [-0.39, 0.29) is 23.6 Å². The Morgan fingerprint density at radius 1 is 1.21 bits per heavy atom. The van der Waals surface area contributed by atoms with Crippen LogP contribution in [0.2, 0.25) is 0 Å². The molecule has 2 amide bonds. The van der Waals surface area contributed by atoms with Crippen molar-refractivity contribution in [1.82, 2.24) is 30.4 Å². The number of benzene rings is 1. The monoisotopic (exact) mass is 412 g/mol. The van der Waals surface area contributed by atoms with Gasteiger partial charge in [-0.3, -0.25) is 4.79 Å². The Kier molecular flexibility index (Phi) is 5.99. The summed E-state index contributed by atoms with van der Waals surface area (Å²) in [5.41, 5.74) is -0.555. The van der Waals surface area contributed by atoms with Crippen molar-refractivity contribution < 1.29 is 27.5 Å². The molecular weight excluding hydrogens is 393 g/mol. The number of alkyl halides is 3. The average Bonchev–Trinajstić information content (AvgIpc) is 3.18. The highest BCUT2D eigenvalue weighted by atomic mass is 19.4. The normalized spacial score (nSPS) is 15.2. The number of hydrogen-bond acceptors (Lipinski definition) is 6. The molecule has 9 nitrogen and oxygen atoms in total. The van der Waals surface area contributed by atoms with Crippen LogP contribution in [0.1, 0.15) is 35.9 Å². The molecule has 2 aromatic rings. The first-order chi connectivity index (χ1) is 13.8. The number of likely N-dealkylation sites (tertiary alicyclic amines) is 1. The number of carbonyl (C=O) groups excluding carboxylic acids is 2. The lowest BCUT2D eigenvalue weighted by atomic mass is 10.1. The summed E-state index contributed by atoms with van der Waals surface area (Å²) in [5, 5.41) is 14.1. The van der Waals surface area contributed by atoms with E-state index in [4.69, 9.17) is 4.74 Å². The minimum absolute atomic E-state index is 0.161. The van der Waals surface area contributed by atoms with Crippen LogP contribution in [0.4, 0.5) is 18.0 Å². The molecule has 0 spiro atoms. The number of aromatic nitrogens is 4. The molecule has 1 aromatic heterocycles. The van der Waals surface area contributed by atoms with Gasteiger partial charge < -0.3 is 15.0 Å². The highest BCUT2D eigenvalue weighted by Gasteiger charge is 2.30. The fraction of sp³-hybridized carbons (Fsp3) is 0.471. The maximum Gasteiger partial charge on any atom is 0.416 e. The van der Waals surface area contributed by atoms with Gasteiger partial charge in [0.1, 0.15) is 0 Å². The van der Waals surface area contributed by atoms with Gasteiger partial charge in [0.2, 0.25) is 0 Å². The molecule has 0 radical (unpaired) electrons. The third-order valence-electron chi connectivity index (χ3n) is 4.40. The summed E-state index contributed by atoms with van der Waals surface area (Å²) in [6, 6.07) is 4.02. The largest absolute Gasteiger partial charge is 0.450 e. The molecular formula is C17H19F3N6O3. The second kappa shape index (κ2) is 8.45. The SMILES string of the molecule is CCOC(=O)N1CCC(NC(=O)c2nnn(-c3ccc(C(F)(F)F)cc3)n2)CC1. The topological polar surface area (TPSA) is 102 Å². The lowest BCUT2D eigenvalue weighted by Gasteiger charge is -2.31. The second-order valence-electron chi connectivity index (χ2n) is 6.38. The van der Waals surface area contributed by atoms with E-state index in [1.165, 1.54) is 12.1 Å². The van der Waals surface area contributed by atoms with Gasteiger partial charge in [-0.2, -0.15) is 13.2 Å². The third kappa shape index (κ3) is 5.00. The van der Waals surface area contributed by atoms with E-state index < -0.39 is 17.6 Å². The van der Waals surface area contributed by atoms with Gasteiger partial charge in [-0.05, 0) is 49.2 Å². The van der Waals surface area contributed by atoms with Crippen molar-refractivity contribution in [2.45, 2.75) is 32.0 Å². The van der Waals surface area contributed by atoms with Crippen LogP contribution in [0.5, 0.6) is 0 Å². The lowest BCUT2D eigenvalue weighted by molar-refractivity contribution is -0.137. The molecule has 0 bridgehead atoms. The zero-order valence-corrected chi connectivity index (χ0v) is 15.5. The van der Waals surface area contributed by atoms with Crippen LogP contribution in [0.15, 0.2) is 24.3 Å². The molecule has 1 aliphatic rings. The summed E-state index contributed by atoms with van der Waals surface area (Å²) < 4.78 is 42.8. The second-order valence-corrected chi connectivity index (χ2v) is 6.38. The van der Waals surface area contributed by atoms with E-state index in [2.05, 4.69) is 20.7 Å². The Labute approximate surface area is 163 Å². The van der Waals surface area contributed by atoms with Crippen molar-refractivity contribution in [1.29, 1.82) is 0 Å². The molecule has 2 heterocycles. The van der Waals surface area contributed by atoms with Gasteiger partial charge in [-0.25, -0.2) is 4.79 Å². The Hall–Kier alpha value is -3.18. The Morgan fingerprint density at radius 3 is 2.45 bits per heavy atom. The first-order valence-corrected chi connectivity index (χ1v) is 8.98. The molecule has 1 aromatic carbocycles. The van der Waals surface area contributed by atoms with E-state index in [1.54, 1.807) is 11.8 Å². The van der Waals surface area contributed by atoms with Gasteiger partial charge >= 0.3 is 12.3 Å². The quantitative estimate of drug-likeness (QED) is 0.825. The zero-order valence-electron chi connectivity index (χ0n) is 15.5. The zero-order chi connectivity index (χ0) is 21.0. The van der Waals surface area contributed by atoms with Crippen LogP contribution in [0.3, 0.4) is 0 Å². The number of ether oxygens (including phenoxy) is 1. The number of tetrazole rings is 1. The van der Waals surface area contributed by atoms with Crippen LogP contribution in [-0.4, -0.2) is 62.8 Å². The number of nitrogens with zero attached hydrogens (tertiary/aromatic N) is 5. The maximum atomic E-state index is 12.6. The van der Waals surface area contributed by atoms with Crippen molar-refractivity contribution in [3.05, 3.63) is 35.7 Å². The molecule has 3 rings (SSSR count). The third-order valence-corrected chi connectivity index (χ3v) is 4.40. The minimum Gasteiger partial charge on any atom is -0.450 e. The summed E-state index contributed by atoms with van der Waals surface area (Å²) >= 11 is 0. The molecule has 1 fully saturated rings.